The predicted octanol–water partition coefficient (Wildman–Crippen LogP) is 2.72. The summed E-state index contributed by atoms with van der Waals surface area (Å²) >= 11 is 0. The number of benzene rings is 1. The lowest BCUT2D eigenvalue weighted by Gasteiger charge is -2.27. The maximum atomic E-state index is 12.3. The second-order valence-electron chi connectivity index (χ2n) is 5.46. The van der Waals surface area contributed by atoms with Gasteiger partial charge in [-0.05, 0) is 31.9 Å². The number of carboxylic acid groups (broad SMARTS) is 1. The summed E-state index contributed by atoms with van der Waals surface area (Å²) in [6, 6.07) is 6.68. The Hall–Kier alpha value is -2.17. The number of nitrogens with one attached hydrogen (secondary N) is 1. The Balaban J connectivity index is 2.11. The zero-order chi connectivity index (χ0) is 15.4. The number of rotatable bonds is 4. The van der Waals surface area contributed by atoms with E-state index >= 15 is 0 Å². The quantitative estimate of drug-likeness (QED) is 0.835. The Morgan fingerprint density at radius 2 is 1.81 bits per heavy atom. The minimum Gasteiger partial charge on any atom is -0.481 e. The monoisotopic (exact) mass is 289 g/mol. The van der Waals surface area contributed by atoms with Gasteiger partial charge in [0.15, 0.2) is 5.78 Å². The van der Waals surface area contributed by atoms with E-state index in [4.69, 9.17) is 0 Å². The molecule has 0 spiro atoms. The number of Topliss-reactive ketones (excluding diaryl/α,β-unsaturated/α-hetero) is 1. The van der Waals surface area contributed by atoms with E-state index in [9.17, 15) is 19.5 Å². The summed E-state index contributed by atoms with van der Waals surface area (Å²) in [7, 11) is 0. The fourth-order valence-corrected chi connectivity index (χ4v) is 2.79. The fourth-order valence-electron chi connectivity index (χ4n) is 2.79. The van der Waals surface area contributed by atoms with Crippen LogP contribution in [0.15, 0.2) is 24.3 Å². The van der Waals surface area contributed by atoms with Gasteiger partial charge >= 0.3 is 5.97 Å². The zero-order valence-corrected chi connectivity index (χ0v) is 12.0. The Morgan fingerprint density at radius 3 is 2.43 bits per heavy atom. The summed E-state index contributed by atoms with van der Waals surface area (Å²) in [6.07, 6.45) is 2.85. The first-order valence-corrected chi connectivity index (χ1v) is 7.13. The lowest BCUT2D eigenvalue weighted by Crippen LogP contribution is -2.36. The van der Waals surface area contributed by atoms with E-state index in [-0.39, 0.29) is 11.7 Å². The van der Waals surface area contributed by atoms with Crippen LogP contribution in [-0.4, -0.2) is 22.8 Å². The van der Waals surface area contributed by atoms with Gasteiger partial charge in [0.1, 0.15) is 0 Å². The van der Waals surface area contributed by atoms with Crippen LogP contribution >= 0.6 is 0 Å². The van der Waals surface area contributed by atoms with Crippen molar-refractivity contribution < 1.29 is 19.5 Å². The third-order valence-electron chi connectivity index (χ3n) is 3.96. The molecule has 2 rings (SSSR count). The third-order valence-corrected chi connectivity index (χ3v) is 3.96. The summed E-state index contributed by atoms with van der Waals surface area (Å²) in [6.45, 7) is 1.46. The summed E-state index contributed by atoms with van der Waals surface area (Å²) in [5.74, 6) is -2.38. The number of carbonyl (C=O) groups is 3. The van der Waals surface area contributed by atoms with Gasteiger partial charge in [-0.15, -0.1) is 0 Å². The molecule has 1 aromatic carbocycles. The first-order chi connectivity index (χ1) is 9.99. The van der Waals surface area contributed by atoms with Crippen LogP contribution in [0.1, 0.15) is 43.0 Å². The highest BCUT2D eigenvalue weighted by atomic mass is 16.4. The summed E-state index contributed by atoms with van der Waals surface area (Å²) in [5.41, 5.74) is 1.05. The van der Waals surface area contributed by atoms with E-state index in [2.05, 4.69) is 5.32 Å². The molecule has 1 aliphatic rings. The molecule has 0 bridgehead atoms. The van der Waals surface area contributed by atoms with Crippen molar-refractivity contribution in [2.45, 2.75) is 32.6 Å². The first kappa shape index (κ1) is 15.2. The normalized spacial score (nSPS) is 21.6. The number of carbonyl (C=O) groups excluding carboxylic acids is 2. The van der Waals surface area contributed by atoms with Gasteiger partial charge in [0, 0.05) is 11.3 Å². The number of hydrogen-bond acceptors (Lipinski definition) is 3. The molecule has 2 atom stereocenters. The van der Waals surface area contributed by atoms with E-state index in [1.54, 1.807) is 24.3 Å². The maximum Gasteiger partial charge on any atom is 0.307 e. The topological polar surface area (TPSA) is 83.5 Å². The van der Waals surface area contributed by atoms with E-state index in [0.717, 1.165) is 12.8 Å². The van der Waals surface area contributed by atoms with Crippen LogP contribution in [0.25, 0.3) is 0 Å². The van der Waals surface area contributed by atoms with Crippen molar-refractivity contribution in [3.63, 3.8) is 0 Å². The van der Waals surface area contributed by atoms with Crippen LogP contribution in [-0.2, 0) is 9.59 Å². The highest BCUT2D eigenvalue weighted by molar-refractivity contribution is 5.98. The molecule has 1 fully saturated rings. The van der Waals surface area contributed by atoms with Gasteiger partial charge in [0.05, 0.1) is 11.8 Å². The van der Waals surface area contributed by atoms with Crippen LogP contribution in [0, 0.1) is 11.8 Å². The van der Waals surface area contributed by atoms with Crippen LogP contribution in [0.2, 0.25) is 0 Å². The van der Waals surface area contributed by atoms with Crippen molar-refractivity contribution >= 4 is 23.3 Å². The molecule has 1 aromatic rings. The van der Waals surface area contributed by atoms with Gasteiger partial charge < -0.3 is 10.4 Å². The van der Waals surface area contributed by atoms with Gasteiger partial charge in [0.2, 0.25) is 5.91 Å². The van der Waals surface area contributed by atoms with Crippen molar-refractivity contribution in [3.05, 3.63) is 29.8 Å². The van der Waals surface area contributed by atoms with Gasteiger partial charge in [-0.25, -0.2) is 0 Å². The molecule has 1 saturated carbocycles. The summed E-state index contributed by atoms with van der Waals surface area (Å²) < 4.78 is 0. The van der Waals surface area contributed by atoms with E-state index in [1.165, 1.54) is 6.92 Å². The van der Waals surface area contributed by atoms with E-state index in [1.807, 2.05) is 0 Å². The van der Waals surface area contributed by atoms with Gasteiger partial charge in [0.25, 0.3) is 0 Å². The second kappa shape index (κ2) is 6.52. The number of ketones is 1. The minimum atomic E-state index is -0.910. The number of amides is 1. The number of anilines is 1. The zero-order valence-electron chi connectivity index (χ0n) is 12.0. The smallest absolute Gasteiger partial charge is 0.307 e. The van der Waals surface area contributed by atoms with E-state index < -0.39 is 17.8 Å². The number of aliphatic carboxylic acids is 1. The molecule has 0 heterocycles. The third kappa shape index (κ3) is 3.68. The Kier molecular flexibility index (Phi) is 4.73. The minimum absolute atomic E-state index is 0.0767. The molecule has 5 nitrogen and oxygen atoms in total. The second-order valence-corrected chi connectivity index (χ2v) is 5.46. The molecule has 0 radical (unpaired) electrons. The lowest BCUT2D eigenvalue weighted by atomic mass is 9.78. The SMILES string of the molecule is CC(=O)c1cccc(NC(=O)C2CCCCC2C(=O)O)c1. The molecule has 0 aliphatic heterocycles. The predicted molar refractivity (Wildman–Crippen MR) is 78.2 cm³/mol. The van der Waals surface area contributed by atoms with Gasteiger partial charge in [-0.1, -0.05) is 25.0 Å². The van der Waals surface area contributed by atoms with Crippen LogP contribution in [0.3, 0.4) is 0 Å². The fraction of sp³-hybridized carbons (Fsp3) is 0.438. The van der Waals surface area contributed by atoms with Crippen molar-refractivity contribution in [2.24, 2.45) is 11.8 Å². The molecule has 2 N–H and O–H groups in total. The maximum absolute atomic E-state index is 12.3. The molecule has 2 unspecified atom stereocenters. The van der Waals surface area contributed by atoms with Crippen molar-refractivity contribution in [1.82, 2.24) is 0 Å². The lowest BCUT2D eigenvalue weighted by molar-refractivity contribution is -0.147. The Labute approximate surface area is 123 Å². The first-order valence-electron chi connectivity index (χ1n) is 7.13. The van der Waals surface area contributed by atoms with Crippen LogP contribution in [0.4, 0.5) is 5.69 Å². The largest absolute Gasteiger partial charge is 0.481 e. The Morgan fingerprint density at radius 1 is 1.14 bits per heavy atom. The molecule has 112 valence electrons. The number of hydrogen-bond donors (Lipinski definition) is 2. The molecule has 5 heteroatoms. The molecular weight excluding hydrogens is 270 g/mol. The molecular formula is C16H19NO4. The van der Waals surface area contributed by atoms with Crippen molar-refractivity contribution in [3.8, 4) is 0 Å². The highest BCUT2D eigenvalue weighted by Crippen LogP contribution is 2.31. The van der Waals surface area contributed by atoms with Crippen molar-refractivity contribution in [2.75, 3.05) is 5.32 Å². The average Bonchev–Trinajstić information content (AvgIpc) is 2.47. The summed E-state index contributed by atoms with van der Waals surface area (Å²) in [4.78, 5) is 34.9. The molecule has 0 aromatic heterocycles. The number of carboxylic acids is 1. The van der Waals surface area contributed by atoms with Gasteiger partial charge in [-0.3, -0.25) is 14.4 Å². The summed E-state index contributed by atoms with van der Waals surface area (Å²) in [5, 5.41) is 12.0. The standard InChI is InChI=1S/C16H19NO4/c1-10(18)11-5-4-6-12(9-11)17-15(19)13-7-2-3-8-14(13)16(20)21/h4-6,9,13-14H,2-3,7-8H2,1H3,(H,17,19)(H,20,21). The molecule has 21 heavy (non-hydrogen) atoms. The average molecular weight is 289 g/mol. The van der Waals surface area contributed by atoms with Crippen LogP contribution in [0.5, 0.6) is 0 Å². The van der Waals surface area contributed by atoms with E-state index in [0.29, 0.717) is 24.1 Å². The van der Waals surface area contributed by atoms with Crippen LogP contribution < -0.4 is 5.32 Å². The molecule has 0 saturated heterocycles. The Bertz CT molecular complexity index is 567. The molecule has 1 aliphatic carbocycles. The van der Waals surface area contributed by atoms with Crippen molar-refractivity contribution in [1.29, 1.82) is 0 Å². The molecule has 1 amide bonds. The van der Waals surface area contributed by atoms with Gasteiger partial charge in [-0.2, -0.15) is 0 Å². The highest BCUT2D eigenvalue weighted by Gasteiger charge is 2.35.